The molecule has 1 aromatic heterocycles. The van der Waals surface area contributed by atoms with Crippen molar-refractivity contribution >= 4 is 10.9 Å². The number of phenolic OH excluding ortho intramolecular Hbond substituents is 1. The van der Waals surface area contributed by atoms with E-state index in [-0.39, 0.29) is 5.41 Å². The van der Waals surface area contributed by atoms with Gasteiger partial charge in [-0.1, -0.05) is 37.3 Å². The molecule has 3 nitrogen and oxygen atoms in total. The van der Waals surface area contributed by atoms with Gasteiger partial charge in [-0.15, -0.1) is 0 Å². The highest BCUT2D eigenvalue weighted by Crippen LogP contribution is 2.51. The number of phenols is 1. The zero-order chi connectivity index (χ0) is 17.0. The molecule has 2 unspecified atom stereocenters. The minimum Gasteiger partial charge on any atom is -0.508 e. The van der Waals surface area contributed by atoms with Crippen molar-refractivity contribution in [2.45, 2.75) is 37.6 Å². The number of piperidine rings is 1. The Morgan fingerprint density at radius 3 is 2.92 bits per heavy atom. The average molecular weight is 332 g/mol. The molecule has 0 radical (unpaired) electrons. The first-order valence-corrected chi connectivity index (χ1v) is 9.35. The second-order valence-electron chi connectivity index (χ2n) is 7.60. The molecular formula is C22H24N2O. The van der Waals surface area contributed by atoms with E-state index in [0.29, 0.717) is 11.8 Å². The molecule has 5 rings (SSSR count). The lowest BCUT2D eigenvalue weighted by Crippen LogP contribution is -2.53. The fraction of sp³-hybridized carbons (Fsp3) is 0.364. The van der Waals surface area contributed by atoms with Gasteiger partial charge < -0.3 is 15.0 Å². The Bertz CT molecular complexity index is 944. The van der Waals surface area contributed by atoms with Gasteiger partial charge in [0.1, 0.15) is 5.75 Å². The maximum absolute atomic E-state index is 10.1. The summed E-state index contributed by atoms with van der Waals surface area (Å²) in [5, 5.41) is 11.5. The van der Waals surface area contributed by atoms with Gasteiger partial charge in [0.15, 0.2) is 0 Å². The molecule has 128 valence electrons. The van der Waals surface area contributed by atoms with E-state index in [1.807, 2.05) is 12.1 Å². The molecule has 1 fully saturated rings. The maximum Gasteiger partial charge on any atom is 0.115 e. The van der Waals surface area contributed by atoms with Crippen LogP contribution in [0.15, 0.2) is 48.5 Å². The number of hydrogen-bond acceptors (Lipinski definition) is 2. The van der Waals surface area contributed by atoms with Crippen LogP contribution in [0.25, 0.3) is 10.9 Å². The van der Waals surface area contributed by atoms with E-state index >= 15 is 0 Å². The van der Waals surface area contributed by atoms with Gasteiger partial charge in [-0.05, 0) is 55.3 Å². The number of nitrogens with zero attached hydrogens (tertiary/aromatic N) is 1. The number of aromatic hydroxyl groups is 1. The molecule has 0 amide bonds. The Kier molecular flexibility index (Phi) is 3.23. The van der Waals surface area contributed by atoms with Gasteiger partial charge in [0.25, 0.3) is 0 Å². The molecule has 3 heteroatoms. The van der Waals surface area contributed by atoms with Gasteiger partial charge in [-0.25, -0.2) is 0 Å². The smallest absolute Gasteiger partial charge is 0.115 e. The van der Waals surface area contributed by atoms with Gasteiger partial charge in [-0.3, -0.25) is 0 Å². The van der Waals surface area contributed by atoms with Crippen molar-refractivity contribution < 1.29 is 5.11 Å². The first kappa shape index (κ1) is 15.0. The topological polar surface area (TPSA) is 39.3 Å². The third-order valence-electron chi connectivity index (χ3n) is 6.43. The highest BCUT2D eigenvalue weighted by Gasteiger charge is 2.48. The van der Waals surface area contributed by atoms with Crippen LogP contribution in [0.2, 0.25) is 0 Å². The Hall–Kier alpha value is -2.26. The predicted octanol–water partition coefficient (Wildman–Crippen LogP) is 4.20. The second kappa shape index (κ2) is 5.37. The van der Waals surface area contributed by atoms with Crippen LogP contribution in [0.5, 0.6) is 5.75 Å². The number of aromatic amines is 1. The van der Waals surface area contributed by atoms with E-state index < -0.39 is 0 Å². The number of nitrogens with one attached hydrogen (secondary N) is 1. The van der Waals surface area contributed by atoms with Crippen molar-refractivity contribution in [1.82, 2.24) is 9.88 Å². The van der Waals surface area contributed by atoms with Crippen LogP contribution in [-0.4, -0.2) is 34.1 Å². The standard InChI is InChI=1S/C22H24N2O/c1-2-24-11-10-22(15-6-5-7-17(25)12-15)14-16(24)13-20-21(22)18-8-3-4-9-19(18)23-20/h3-9,12,16,23,25H,2,10-11,13-14H2,1H3. The minimum atomic E-state index is 0.00225. The third-order valence-corrected chi connectivity index (χ3v) is 6.43. The molecule has 2 aromatic carbocycles. The summed E-state index contributed by atoms with van der Waals surface area (Å²) < 4.78 is 0. The first-order chi connectivity index (χ1) is 12.2. The molecule has 2 atom stereocenters. The number of aromatic nitrogens is 1. The van der Waals surface area contributed by atoms with Gasteiger partial charge >= 0.3 is 0 Å². The summed E-state index contributed by atoms with van der Waals surface area (Å²) in [4.78, 5) is 6.33. The summed E-state index contributed by atoms with van der Waals surface area (Å²) in [6.45, 7) is 4.49. The van der Waals surface area contributed by atoms with Crippen LogP contribution in [-0.2, 0) is 11.8 Å². The van der Waals surface area contributed by atoms with Crippen LogP contribution in [0.1, 0.15) is 36.6 Å². The van der Waals surface area contributed by atoms with Crippen LogP contribution in [0.4, 0.5) is 0 Å². The van der Waals surface area contributed by atoms with Crippen LogP contribution in [0, 0.1) is 0 Å². The van der Waals surface area contributed by atoms with Gasteiger partial charge in [0, 0.05) is 34.5 Å². The molecule has 1 aliphatic heterocycles. The summed E-state index contributed by atoms with van der Waals surface area (Å²) in [5.41, 5.74) is 5.36. The average Bonchev–Trinajstić information content (AvgIpc) is 3.00. The number of rotatable bonds is 2. The monoisotopic (exact) mass is 332 g/mol. The van der Waals surface area contributed by atoms with Gasteiger partial charge in [0.05, 0.1) is 0 Å². The maximum atomic E-state index is 10.1. The fourth-order valence-corrected chi connectivity index (χ4v) is 5.34. The van der Waals surface area contributed by atoms with E-state index in [1.54, 1.807) is 6.07 Å². The predicted molar refractivity (Wildman–Crippen MR) is 101 cm³/mol. The Labute approximate surface area is 148 Å². The van der Waals surface area contributed by atoms with E-state index in [4.69, 9.17) is 0 Å². The van der Waals surface area contributed by atoms with E-state index in [9.17, 15) is 5.11 Å². The van der Waals surface area contributed by atoms with Crippen molar-refractivity contribution in [2.24, 2.45) is 0 Å². The molecule has 25 heavy (non-hydrogen) atoms. The largest absolute Gasteiger partial charge is 0.508 e. The highest BCUT2D eigenvalue weighted by atomic mass is 16.3. The quantitative estimate of drug-likeness (QED) is 0.738. The van der Waals surface area contributed by atoms with Crippen LogP contribution >= 0.6 is 0 Å². The molecule has 1 saturated heterocycles. The molecule has 2 heterocycles. The van der Waals surface area contributed by atoms with Crippen molar-refractivity contribution in [3.8, 4) is 5.75 Å². The number of para-hydroxylation sites is 1. The lowest BCUT2D eigenvalue weighted by molar-refractivity contribution is 0.102. The van der Waals surface area contributed by atoms with Crippen molar-refractivity contribution in [3.63, 3.8) is 0 Å². The molecule has 0 spiro atoms. The Morgan fingerprint density at radius 1 is 1.20 bits per heavy atom. The molecule has 2 N–H and O–H groups in total. The summed E-state index contributed by atoms with van der Waals surface area (Å²) in [6.07, 6.45) is 3.34. The normalized spacial score (nSPS) is 25.9. The molecule has 3 aromatic rings. The van der Waals surface area contributed by atoms with Crippen molar-refractivity contribution in [1.29, 1.82) is 0 Å². The molecular weight excluding hydrogens is 308 g/mol. The number of hydrogen-bond donors (Lipinski definition) is 2. The number of fused-ring (bicyclic) bond motifs is 6. The zero-order valence-electron chi connectivity index (χ0n) is 14.6. The summed E-state index contributed by atoms with van der Waals surface area (Å²) in [6, 6.07) is 17.2. The van der Waals surface area contributed by atoms with Gasteiger partial charge in [0.2, 0.25) is 0 Å². The lowest BCUT2D eigenvalue weighted by atomic mass is 9.61. The fourth-order valence-electron chi connectivity index (χ4n) is 5.34. The Morgan fingerprint density at radius 2 is 2.08 bits per heavy atom. The molecule has 0 saturated carbocycles. The van der Waals surface area contributed by atoms with Gasteiger partial charge in [-0.2, -0.15) is 0 Å². The van der Waals surface area contributed by atoms with E-state index in [2.05, 4.69) is 47.1 Å². The second-order valence-corrected chi connectivity index (χ2v) is 7.60. The number of likely N-dealkylation sites (N-methyl/N-ethyl adjacent to an activating group) is 1. The summed E-state index contributed by atoms with van der Waals surface area (Å²) in [7, 11) is 0. The molecule has 2 aliphatic rings. The van der Waals surface area contributed by atoms with Crippen molar-refractivity contribution in [3.05, 3.63) is 65.4 Å². The number of likely N-dealkylation sites (tertiary alicyclic amines) is 1. The first-order valence-electron chi connectivity index (χ1n) is 9.35. The zero-order valence-corrected chi connectivity index (χ0v) is 14.6. The van der Waals surface area contributed by atoms with Crippen LogP contribution in [0.3, 0.4) is 0 Å². The third kappa shape index (κ3) is 2.09. The van der Waals surface area contributed by atoms with E-state index in [0.717, 1.165) is 32.4 Å². The minimum absolute atomic E-state index is 0.00225. The summed E-state index contributed by atoms with van der Waals surface area (Å²) >= 11 is 0. The Balaban J connectivity index is 1.79. The van der Waals surface area contributed by atoms with Crippen molar-refractivity contribution in [2.75, 3.05) is 13.1 Å². The number of benzene rings is 2. The molecule has 2 bridgehead atoms. The molecule has 1 aliphatic carbocycles. The summed E-state index contributed by atoms with van der Waals surface area (Å²) in [5.74, 6) is 0.369. The van der Waals surface area contributed by atoms with Crippen LogP contribution < -0.4 is 0 Å². The van der Waals surface area contributed by atoms with E-state index in [1.165, 1.54) is 27.7 Å². The number of H-pyrrole nitrogens is 1. The SMILES string of the molecule is CCN1CCC2(c3cccc(O)c3)CC1Cc1[nH]c3ccccc3c12. The lowest BCUT2D eigenvalue weighted by Gasteiger charge is -2.50. The highest BCUT2D eigenvalue weighted by molar-refractivity contribution is 5.87.